The zero-order valence-electron chi connectivity index (χ0n) is 9.81. The van der Waals surface area contributed by atoms with Gasteiger partial charge in [-0.25, -0.2) is 0 Å². The molecule has 96 valence electrons. The lowest BCUT2D eigenvalue weighted by molar-refractivity contribution is 0.103. The number of halogens is 1. The highest BCUT2D eigenvalue weighted by Crippen LogP contribution is 2.21. The van der Waals surface area contributed by atoms with E-state index in [0.717, 1.165) is 0 Å². The average Bonchev–Trinajstić information content (AvgIpc) is 2.93. The van der Waals surface area contributed by atoms with Crippen LogP contribution in [0.3, 0.4) is 0 Å². The van der Waals surface area contributed by atoms with Gasteiger partial charge in [-0.3, -0.25) is 4.79 Å². The quantitative estimate of drug-likeness (QED) is 0.836. The molecule has 0 saturated carbocycles. The fourth-order valence-corrected chi connectivity index (χ4v) is 2.25. The summed E-state index contributed by atoms with van der Waals surface area (Å²) in [6, 6.07) is 8.57. The van der Waals surface area contributed by atoms with Gasteiger partial charge in [-0.1, -0.05) is 29.5 Å². The summed E-state index contributed by atoms with van der Waals surface area (Å²) in [5.74, 6) is 5.11. The minimum absolute atomic E-state index is 0.190. The fraction of sp³-hybridized carbons (Fsp3) is 0.0714. The molecule has 0 spiro atoms. The summed E-state index contributed by atoms with van der Waals surface area (Å²) in [4.78, 5) is 12.6. The highest BCUT2D eigenvalue weighted by molar-refractivity contribution is 7.12. The summed E-state index contributed by atoms with van der Waals surface area (Å²) < 4.78 is 0. The second-order valence-corrected chi connectivity index (χ2v) is 4.97. The summed E-state index contributed by atoms with van der Waals surface area (Å²) in [6.07, 6.45) is 0. The Labute approximate surface area is 119 Å². The molecule has 0 aliphatic rings. The number of aliphatic hydroxyl groups is 1. The van der Waals surface area contributed by atoms with Crippen LogP contribution in [0.2, 0.25) is 5.02 Å². The second kappa shape index (κ2) is 6.39. The van der Waals surface area contributed by atoms with E-state index in [9.17, 15) is 4.79 Å². The summed E-state index contributed by atoms with van der Waals surface area (Å²) in [7, 11) is 0. The molecule has 0 bridgehead atoms. The van der Waals surface area contributed by atoms with Gasteiger partial charge in [0.05, 0.1) is 10.6 Å². The van der Waals surface area contributed by atoms with Crippen molar-refractivity contribution in [2.45, 2.75) is 0 Å². The molecular weight excluding hydrogens is 282 g/mol. The van der Waals surface area contributed by atoms with Gasteiger partial charge in [-0.2, -0.15) is 0 Å². The number of hydrogen-bond acceptors (Lipinski definition) is 3. The molecular formula is C14H10ClNO2S. The minimum atomic E-state index is -0.245. The van der Waals surface area contributed by atoms with Crippen LogP contribution in [-0.4, -0.2) is 17.6 Å². The molecule has 5 heteroatoms. The molecule has 0 unspecified atom stereocenters. The van der Waals surface area contributed by atoms with Crippen molar-refractivity contribution in [2.24, 2.45) is 0 Å². The zero-order valence-corrected chi connectivity index (χ0v) is 11.4. The maximum absolute atomic E-state index is 12.0. The lowest BCUT2D eigenvalue weighted by Crippen LogP contribution is -2.11. The van der Waals surface area contributed by atoms with E-state index in [-0.39, 0.29) is 12.5 Å². The van der Waals surface area contributed by atoms with E-state index >= 15 is 0 Å². The molecule has 0 saturated heterocycles. The molecule has 0 atom stereocenters. The first-order chi connectivity index (χ1) is 9.20. The van der Waals surface area contributed by atoms with Gasteiger partial charge >= 0.3 is 0 Å². The number of anilines is 1. The normalized spacial score (nSPS) is 9.58. The van der Waals surface area contributed by atoms with Crippen LogP contribution in [0.5, 0.6) is 0 Å². The molecule has 2 N–H and O–H groups in total. The SMILES string of the molecule is O=C(Nc1ccc(Cl)cc1C#CCO)c1cccs1. The molecule has 2 rings (SSSR count). The van der Waals surface area contributed by atoms with Crippen molar-refractivity contribution in [3.63, 3.8) is 0 Å². The van der Waals surface area contributed by atoms with E-state index in [2.05, 4.69) is 17.2 Å². The number of rotatable bonds is 2. The largest absolute Gasteiger partial charge is 0.384 e. The van der Waals surface area contributed by atoms with Gasteiger partial charge in [-0.15, -0.1) is 11.3 Å². The van der Waals surface area contributed by atoms with Crippen molar-refractivity contribution in [3.05, 3.63) is 51.2 Å². The van der Waals surface area contributed by atoms with Crippen LogP contribution < -0.4 is 5.32 Å². The van der Waals surface area contributed by atoms with E-state index in [1.54, 1.807) is 24.3 Å². The molecule has 1 aromatic carbocycles. The first-order valence-electron chi connectivity index (χ1n) is 5.45. The number of amides is 1. The monoisotopic (exact) mass is 291 g/mol. The Balaban J connectivity index is 2.27. The number of thiophene rings is 1. The summed E-state index contributed by atoms with van der Waals surface area (Å²) >= 11 is 7.25. The standard InChI is InChI=1S/C14H10ClNO2S/c15-11-5-6-12(10(9-11)3-1-7-17)16-14(18)13-4-2-8-19-13/h2,4-6,8-9,17H,7H2,(H,16,18). The van der Waals surface area contributed by atoms with Crippen molar-refractivity contribution < 1.29 is 9.90 Å². The van der Waals surface area contributed by atoms with Gasteiger partial charge in [0.25, 0.3) is 5.91 Å². The number of carbonyl (C=O) groups is 1. The Morgan fingerprint density at radius 1 is 1.42 bits per heavy atom. The minimum Gasteiger partial charge on any atom is -0.384 e. The van der Waals surface area contributed by atoms with Crippen LogP contribution in [0.15, 0.2) is 35.7 Å². The summed E-state index contributed by atoms with van der Waals surface area (Å²) in [6.45, 7) is -0.245. The van der Waals surface area contributed by atoms with E-state index in [0.29, 0.717) is 21.2 Å². The Bertz CT molecular complexity index is 641. The van der Waals surface area contributed by atoms with Gasteiger partial charge in [0.2, 0.25) is 0 Å². The van der Waals surface area contributed by atoms with Crippen LogP contribution in [-0.2, 0) is 0 Å². The molecule has 0 aliphatic carbocycles. The molecule has 0 aliphatic heterocycles. The molecule has 19 heavy (non-hydrogen) atoms. The zero-order chi connectivity index (χ0) is 13.7. The van der Waals surface area contributed by atoms with Gasteiger partial charge in [0, 0.05) is 10.6 Å². The molecule has 2 aromatic rings. The Kier molecular flexibility index (Phi) is 4.58. The van der Waals surface area contributed by atoms with Crippen LogP contribution in [0.4, 0.5) is 5.69 Å². The molecule has 1 aromatic heterocycles. The predicted molar refractivity (Wildman–Crippen MR) is 77.7 cm³/mol. The highest BCUT2D eigenvalue weighted by atomic mass is 35.5. The number of carbonyl (C=O) groups excluding carboxylic acids is 1. The van der Waals surface area contributed by atoms with E-state index in [4.69, 9.17) is 16.7 Å². The van der Waals surface area contributed by atoms with Crippen molar-refractivity contribution in [1.29, 1.82) is 0 Å². The Hall–Kier alpha value is -1.80. The van der Waals surface area contributed by atoms with Crippen molar-refractivity contribution in [1.82, 2.24) is 0 Å². The topological polar surface area (TPSA) is 49.3 Å². The van der Waals surface area contributed by atoms with E-state index in [1.165, 1.54) is 11.3 Å². The fourth-order valence-electron chi connectivity index (χ4n) is 1.46. The van der Waals surface area contributed by atoms with Gasteiger partial charge in [-0.05, 0) is 29.6 Å². The first-order valence-corrected chi connectivity index (χ1v) is 6.70. The number of benzene rings is 1. The third-order valence-electron chi connectivity index (χ3n) is 2.28. The van der Waals surface area contributed by atoms with Crippen LogP contribution in [0.1, 0.15) is 15.2 Å². The second-order valence-electron chi connectivity index (χ2n) is 3.58. The molecule has 0 fully saturated rings. The maximum atomic E-state index is 12.0. The van der Waals surface area contributed by atoms with Crippen molar-refractivity contribution in [3.8, 4) is 11.8 Å². The van der Waals surface area contributed by atoms with Crippen LogP contribution in [0, 0.1) is 11.8 Å². The lowest BCUT2D eigenvalue weighted by Gasteiger charge is -2.06. The molecule has 3 nitrogen and oxygen atoms in total. The van der Waals surface area contributed by atoms with Gasteiger partial charge in [0.1, 0.15) is 6.61 Å². The Morgan fingerprint density at radius 2 is 2.26 bits per heavy atom. The number of aliphatic hydroxyl groups excluding tert-OH is 1. The number of hydrogen-bond donors (Lipinski definition) is 2. The van der Waals surface area contributed by atoms with Crippen LogP contribution in [0.25, 0.3) is 0 Å². The van der Waals surface area contributed by atoms with E-state index in [1.807, 2.05) is 11.4 Å². The summed E-state index contributed by atoms with van der Waals surface area (Å²) in [5.41, 5.74) is 1.15. The van der Waals surface area contributed by atoms with E-state index < -0.39 is 0 Å². The molecule has 1 amide bonds. The summed E-state index contributed by atoms with van der Waals surface area (Å²) in [5, 5.41) is 13.9. The third-order valence-corrected chi connectivity index (χ3v) is 3.38. The van der Waals surface area contributed by atoms with Gasteiger partial charge < -0.3 is 10.4 Å². The van der Waals surface area contributed by atoms with Crippen molar-refractivity contribution >= 4 is 34.5 Å². The Morgan fingerprint density at radius 3 is 2.95 bits per heavy atom. The average molecular weight is 292 g/mol. The highest BCUT2D eigenvalue weighted by Gasteiger charge is 2.09. The third kappa shape index (κ3) is 3.58. The van der Waals surface area contributed by atoms with Crippen molar-refractivity contribution in [2.75, 3.05) is 11.9 Å². The first kappa shape index (κ1) is 13.6. The lowest BCUT2D eigenvalue weighted by atomic mass is 10.1. The smallest absolute Gasteiger partial charge is 0.265 e. The maximum Gasteiger partial charge on any atom is 0.265 e. The van der Waals surface area contributed by atoms with Crippen LogP contribution >= 0.6 is 22.9 Å². The number of nitrogens with one attached hydrogen (secondary N) is 1. The molecule has 0 radical (unpaired) electrons. The van der Waals surface area contributed by atoms with Gasteiger partial charge in [0.15, 0.2) is 0 Å². The predicted octanol–water partition coefficient (Wildman–Crippen LogP) is 3.00. The molecule has 1 heterocycles.